The number of aliphatic hydroxyl groups is 1. The van der Waals surface area contributed by atoms with Crippen molar-refractivity contribution < 1.29 is 29.3 Å². The summed E-state index contributed by atoms with van der Waals surface area (Å²) in [6, 6.07) is 0. The molecule has 0 saturated heterocycles. The molecule has 1 unspecified atom stereocenters. The Morgan fingerprint density at radius 3 is 2.29 bits per heavy atom. The van der Waals surface area contributed by atoms with Gasteiger partial charge in [-0.1, -0.05) is 46.0 Å². The first-order valence-corrected chi connectivity index (χ1v) is 10.3. The van der Waals surface area contributed by atoms with Gasteiger partial charge in [0.25, 0.3) is 0 Å². The maximum atomic E-state index is 11.9. The van der Waals surface area contributed by atoms with Crippen LogP contribution >= 0.6 is 0 Å². The third-order valence-corrected chi connectivity index (χ3v) is 4.15. The lowest BCUT2D eigenvalue weighted by molar-refractivity contribution is -0.148. The Bertz CT molecular complexity index is 493. The highest BCUT2D eigenvalue weighted by Crippen LogP contribution is 2.11. The number of nitrogens with zero attached hydrogens (tertiary/aromatic N) is 1. The SMILES string of the molecule is CCCCC/C(CC(O)CCCCC)=N/NC(=O)CCOC(=O)CCC(=O)O. The van der Waals surface area contributed by atoms with Crippen LogP contribution in [0.2, 0.25) is 0 Å². The van der Waals surface area contributed by atoms with Gasteiger partial charge in [-0.2, -0.15) is 5.10 Å². The number of rotatable bonds is 17. The molecule has 0 rings (SSSR count). The summed E-state index contributed by atoms with van der Waals surface area (Å²) in [5.74, 6) is -2.11. The van der Waals surface area contributed by atoms with Crippen molar-refractivity contribution in [2.75, 3.05) is 6.61 Å². The highest BCUT2D eigenvalue weighted by atomic mass is 16.5. The molecule has 3 N–H and O–H groups in total. The summed E-state index contributed by atoms with van der Waals surface area (Å²) in [4.78, 5) is 33.5. The number of ether oxygens (including phenoxy) is 1. The third-order valence-electron chi connectivity index (χ3n) is 4.15. The van der Waals surface area contributed by atoms with E-state index in [1.165, 1.54) is 0 Å². The summed E-state index contributed by atoms with van der Waals surface area (Å²) in [6.07, 6.45) is 7.11. The van der Waals surface area contributed by atoms with E-state index in [-0.39, 0.29) is 31.8 Å². The Hall–Kier alpha value is -1.96. The van der Waals surface area contributed by atoms with Gasteiger partial charge in [-0.05, 0) is 19.3 Å². The third kappa shape index (κ3) is 16.2. The molecule has 28 heavy (non-hydrogen) atoms. The zero-order valence-corrected chi connectivity index (χ0v) is 17.2. The minimum absolute atomic E-state index is 0.0520. The monoisotopic (exact) mass is 400 g/mol. The number of hydrogen-bond donors (Lipinski definition) is 3. The summed E-state index contributed by atoms with van der Waals surface area (Å²) in [5, 5.41) is 22.8. The zero-order chi connectivity index (χ0) is 21.2. The first-order valence-electron chi connectivity index (χ1n) is 10.3. The zero-order valence-electron chi connectivity index (χ0n) is 17.2. The first kappa shape index (κ1) is 26.0. The first-order chi connectivity index (χ1) is 13.4. The van der Waals surface area contributed by atoms with Crippen molar-refractivity contribution in [2.24, 2.45) is 5.10 Å². The number of nitrogens with one attached hydrogen (secondary N) is 1. The number of amides is 1. The van der Waals surface area contributed by atoms with E-state index in [9.17, 15) is 19.5 Å². The smallest absolute Gasteiger partial charge is 0.306 e. The molecule has 1 atom stereocenters. The molecule has 0 aliphatic carbocycles. The van der Waals surface area contributed by atoms with Gasteiger partial charge in [0.05, 0.1) is 25.4 Å². The summed E-state index contributed by atoms with van der Waals surface area (Å²) in [5.41, 5.74) is 3.23. The van der Waals surface area contributed by atoms with Crippen LogP contribution in [0.25, 0.3) is 0 Å². The van der Waals surface area contributed by atoms with Crippen LogP contribution in [0, 0.1) is 0 Å². The number of carboxylic acid groups (broad SMARTS) is 1. The largest absolute Gasteiger partial charge is 0.481 e. The van der Waals surface area contributed by atoms with E-state index in [4.69, 9.17) is 9.84 Å². The fraction of sp³-hybridized carbons (Fsp3) is 0.800. The normalized spacial score (nSPS) is 12.5. The van der Waals surface area contributed by atoms with Crippen LogP contribution in [0.1, 0.15) is 90.9 Å². The fourth-order valence-corrected chi connectivity index (χ4v) is 2.52. The van der Waals surface area contributed by atoms with Crippen LogP contribution in [0.3, 0.4) is 0 Å². The van der Waals surface area contributed by atoms with E-state index in [1.54, 1.807) is 0 Å². The van der Waals surface area contributed by atoms with Crippen LogP contribution < -0.4 is 5.43 Å². The van der Waals surface area contributed by atoms with Gasteiger partial charge in [0.1, 0.15) is 6.61 Å². The molecule has 8 nitrogen and oxygen atoms in total. The topological polar surface area (TPSA) is 125 Å². The number of carbonyl (C=O) groups is 3. The predicted molar refractivity (Wildman–Crippen MR) is 107 cm³/mol. The molecule has 8 heteroatoms. The van der Waals surface area contributed by atoms with Gasteiger partial charge in [-0.25, -0.2) is 5.43 Å². The van der Waals surface area contributed by atoms with E-state index in [0.717, 1.165) is 57.1 Å². The van der Waals surface area contributed by atoms with Gasteiger partial charge >= 0.3 is 11.9 Å². The second kappa shape index (κ2) is 17.2. The van der Waals surface area contributed by atoms with Crippen molar-refractivity contribution in [1.82, 2.24) is 5.43 Å². The Kier molecular flexibility index (Phi) is 16.0. The highest BCUT2D eigenvalue weighted by molar-refractivity contribution is 5.86. The average molecular weight is 401 g/mol. The lowest BCUT2D eigenvalue weighted by atomic mass is 10.0. The fourth-order valence-electron chi connectivity index (χ4n) is 2.52. The van der Waals surface area contributed by atoms with E-state index < -0.39 is 18.0 Å². The molecule has 162 valence electrons. The maximum absolute atomic E-state index is 11.9. The van der Waals surface area contributed by atoms with Crippen molar-refractivity contribution in [3.8, 4) is 0 Å². The van der Waals surface area contributed by atoms with Crippen molar-refractivity contribution >= 4 is 23.6 Å². The summed E-state index contributed by atoms with van der Waals surface area (Å²) < 4.78 is 4.82. The van der Waals surface area contributed by atoms with Crippen molar-refractivity contribution in [2.45, 2.75) is 97.0 Å². The second-order valence-corrected chi connectivity index (χ2v) is 6.89. The molecule has 0 spiro atoms. The van der Waals surface area contributed by atoms with Crippen LogP contribution in [-0.2, 0) is 19.1 Å². The molecular formula is C20H36N2O6. The summed E-state index contributed by atoms with van der Waals surface area (Å²) in [6.45, 7) is 4.10. The molecule has 0 aromatic rings. The molecule has 1 amide bonds. The van der Waals surface area contributed by atoms with Gasteiger partial charge in [-0.15, -0.1) is 0 Å². The van der Waals surface area contributed by atoms with Gasteiger partial charge in [0.2, 0.25) is 5.91 Å². The van der Waals surface area contributed by atoms with Gasteiger partial charge in [0.15, 0.2) is 0 Å². The lowest BCUT2D eigenvalue weighted by Gasteiger charge is -2.13. The van der Waals surface area contributed by atoms with Gasteiger partial charge in [0, 0.05) is 12.1 Å². The number of unbranched alkanes of at least 4 members (excludes halogenated alkanes) is 4. The van der Waals surface area contributed by atoms with E-state index in [1.807, 2.05) is 0 Å². The minimum Gasteiger partial charge on any atom is -0.481 e. The highest BCUT2D eigenvalue weighted by Gasteiger charge is 2.11. The molecule has 0 aromatic heterocycles. The van der Waals surface area contributed by atoms with Crippen LogP contribution in [0.4, 0.5) is 0 Å². The molecule has 0 radical (unpaired) electrons. The van der Waals surface area contributed by atoms with E-state index >= 15 is 0 Å². The number of hydrogen-bond acceptors (Lipinski definition) is 6. The lowest BCUT2D eigenvalue weighted by Crippen LogP contribution is -2.23. The molecule has 0 aromatic carbocycles. The molecule has 0 aliphatic rings. The molecule has 0 heterocycles. The maximum Gasteiger partial charge on any atom is 0.306 e. The standard InChI is InChI=1S/C20H36N2O6/c1-3-5-7-9-16(15-17(23)10-8-6-4-2)21-22-18(24)13-14-28-20(27)12-11-19(25)26/h17,23H,3-15H2,1-2H3,(H,22,24)(H,25,26)/b21-16-. The summed E-state index contributed by atoms with van der Waals surface area (Å²) in [7, 11) is 0. The average Bonchev–Trinajstić information content (AvgIpc) is 2.64. The quantitative estimate of drug-likeness (QED) is 0.149. The second-order valence-electron chi connectivity index (χ2n) is 6.89. The molecule has 0 fully saturated rings. The van der Waals surface area contributed by atoms with Crippen LogP contribution in [0.15, 0.2) is 5.10 Å². The van der Waals surface area contributed by atoms with E-state index in [0.29, 0.717) is 6.42 Å². The van der Waals surface area contributed by atoms with Crippen molar-refractivity contribution in [3.05, 3.63) is 0 Å². The van der Waals surface area contributed by atoms with Crippen molar-refractivity contribution in [1.29, 1.82) is 0 Å². The van der Waals surface area contributed by atoms with Gasteiger partial charge in [-0.3, -0.25) is 14.4 Å². The molecule has 0 aliphatic heterocycles. The van der Waals surface area contributed by atoms with Crippen LogP contribution in [0.5, 0.6) is 0 Å². The number of aliphatic hydroxyl groups excluding tert-OH is 1. The van der Waals surface area contributed by atoms with E-state index in [2.05, 4.69) is 24.4 Å². The molecule has 0 saturated carbocycles. The number of aliphatic carboxylic acids is 1. The molecule has 0 bridgehead atoms. The number of carbonyl (C=O) groups excluding carboxylic acids is 2. The molecular weight excluding hydrogens is 364 g/mol. The minimum atomic E-state index is -1.07. The van der Waals surface area contributed by atoms with Gasteiger partial charge < -0.3 is 14.9 Å². The predicted octanol–water partition coefficient (Wildman–Crippen LogP) is 3.17. The Balaban J connectivity index is 4.33. The number of hydrazone groups is 1. The number of esters is 1. The number of carboxylic acids is 1. The Morgan fingerprint density at radius 2 is 1.64 bits per heavy atom. The Morgan fingerprint density at radius 1 is 0.964 bits per heavy atom. The summed E-state index contributed by atoms with van der Waals surface area (Å²) >= 11 is 0. The Labute approximate surface area is 167 Å². The van der Waals surface area contributed by atoms with Crippen LogP contribution in [-0.4, -0.2) is 46.5 Å². The van der Waals surface area contributed by atoms with Crippen molar-refractivity contribution in [3.63, 3.8) is 0 Å².